The van der Waals surface area contributed by atoms with Crippen molar-refractivity contribution in [3.05, 3.63) is 62.5 Å². The Hall–Kier alpha value is -1.98. The molecule has 0 spiro atoms. The van der Waals surface area contributed by atoms with Crippen LogP contribution in [0, 0.1) is 26.2 Å². The van der Waals surface area contributed by atoms with E-state index in [1.165, 1.54) is 4.88 Å². The van der Waals surface area contributed by atoms with Gasteiger partial charge in [0.25, 0.3) is 0 Å². The van der Waals surface area contributed by atoms with E-state index in [4.69, 9.17) is 17.0 Å². The van der Waals surface area contributed by atoms with Crippen molar-refractivity contribution in [2.45, 2.75) is 40.5 Å². The van der Waals surface area contributed by atoms with E-state index < -0.39 is 0 Å². The second-order valence-electron chi connectivity index (χ2n) is 6.44. The molecular formula is C19H21ClN4S. The van der Waals surface area contributed by atoms with Crippen LogP contribution < -0.4 is 0 Å². The molecule has 3 rings (SSSR count). The van der Waals surface area contributed by atoms with Gasteiger partial charge in [-0.3, -0.25) is 9.98 Å². The summed E-state index contributed by atoms with van der Waals surface area (Å²) < 4.78 is 2.09. The lowest BCUT2D eigenvalue weighted by Crippen LogP contribution is -2.10. The fourth-order valence-electron chi connectivity index (χ4n) is 2.83. The van der Waals surface area contributed by atoms with E-state index in [1.807, 2.05) is 31.2 Å². The molecule has 0 unspecified atom stereocenters. The monoisotopic (exact) mass is 372 g/mol. The van der Waals surface area contributed by atoms with Crippen LogP contribution in [0.5, 0.6) is 0 Å². The molecule has 0 aliphatic rings. The van der Waals surface area contributed by atoms with Gasteiger partial charge in [0.2, 0.25) is 0 Å². The van der Waals surface area contributed by atoms with E-state index in [9.17, 15) is 0 Å². The molecule has 0 atom stereocenters. The van der Waals surface area contributed by atoms with Crippen molar-refractivity contribution in [1.82, 2.24) is 14.8 Å². The highest BCUT2D eigenvalue weighted by molar-refractivity contribution is 7.15. The zero-order valence-electron chi connectivity index (χ0n) is 15.0. The molecule has 0 amide bonds. The zero-order chi connectivity index (χ0) is 18.3. The fraction of sp³-hybridized carbons (Fsp3) is 0.316. The van der Waals surface area contributed by atoms with Crippen LogP contribution in [0.4, 0.5) is 0 Å². The molecule has 4 nitrogen and oxygen atoms in total. The van der Waals surface area contributed by atoms with Crippen molar-refractivity contribution >= 4 is 28.6 Å². The summed E-state index contributed by atoms with van der Waals surface area (Å²) in [6, 6.07) is 7.43. The van der Waals surface area contributed by atoms with Gasteiger partial charge in [0.15, 0.2) is 0 Å². The third-order valence-electron chi connectivity index (χ3n) is 4.32. The van der Waals surface area contributed by atoms with E-state index in [1.54, 1.807) is 11.3 Å². The minimum Gasteiger partial charge on any atom is -0.300 e. The summed E-state index contributed by atoms with van der Waals surface area (Å²) in [7, 11) is 0. The molecule has 2 aromatic heterocycles. The lowest BCUT2D eigenvalue weighted by molar-refractivity contribution is 0.745. The predicted molar refractivity (Wildman–Crippen MR) is 105 cm³/mol. The lowest BCUT2D eigenvalue weighted by Gasteiger charge is -2.13. The quantitative estimate of drug-likeness (QED) is 0.619. The molecule has 0 radical (unpaired) electrons. The average molecular weight is 373 g/mol. The molecule has 1 aromatic carbocycles. The number of hydrogen-bond acceptors (Lipinski definition) is 4. The Labute approximate surface area is 157 Å². The van der Waals surface area contributed by atoms with E-state index in [0.29, 0.717) is 10.7 Å². The molecule has 0 aliphatic carbocycles. The Morgan fingerprint density at radius 1 is 1.12 bits per heavy atom. The number of halogens is 1. The highest BCUT2D eigenvalue weighted by Crippen LogP contribution is 2.35. The second kappa shape index (κ2) is 6.73. The van der Waals surface area contributed by atoms with Crippen molar-refractivity contribution in [2.75, 3.05) is 0 Å². The summed E-state index contributed by atoms with van der Waals surface area (Å²) in [5.74, 6) is 2.01. The molecule has 3 aromatic rings. The van der Waals surface area contributed by atoms with Crippen LogP contribution in [0.3, 0.4) is 0 Å². The molecule has 25 heavy (non-hydrogen) atoms. The maximum absolute atomic E-state index is 8.80. The molecular weight excluding hydrogens is 352 g/mol. The smallest absolute Gasteiger partial charge is 0.140 e. The Balaban J connectivity index is 2.21. The minimum absolute atomic E-state index is 0.251. The maximum Gasteiger partial charge on any atom is 0.140 e. The van der Waals surface area contributed by atoms with Gasteiger partial charge in [-0.25, -0.2) is 0 Å². The number of nitrogens with zero attached hydrogens (tertiary/aromatic N) is 3. The minimum atomic E-state index is 0.251. The number of thiophene rings is 1. The Morgan fingerprint density at radius 3 is 2.36 bits per heavy atom. The van der Waals surface area contributed by atoms with Gasteiger partial charge >= 0.3 is 0 Å². The molecule has 1 N–H and O–H groups in total. The van der Waals surface area contributed by atoms with Gasteiger partial charge in [0.05, 0.1) is 5.71 Å². The first-order valence-electron chi connectivity index (χ1n) is 8.18. The molecule has 6 heteroatoms. The summed E-state index contributed by atoms with van der Waals surface area (Å²) >= 11 is 7.68. The van der Waals surface area contributed by atoms with Gasteiger partial charge in [-0.1, -0.05) is 37.6 Å². The Morgan fingerprint density at radius 2 is 1.76 bits per heavy atom. The van der Waals surface area contributed by atoms with Gasteiger partial charge < -0.3 is 0 Å². The largest absolute Gasteiger partial charge is 0.300 e. The topological polar surface area (TPSA) is 54.6 Å². The van der Waals surface area contributed by atoms with Crippen molar-refractivity contribution in [2.24, 2.45) is 0 Å². The first-order chi connectivity index (χ1) is 11.8. The summed E-state index contributed by atoms with van der Waals surface area (Å²) in [5, 5.41) is 19.1. The highest BCUT2D eigenvalue weighted by Gasteiger charge is 2.23. The fourth-order valence-corrected chi connectivity index (χ4v) is 4.17. The van der Waals surface area contributed by atoms with Crippen LogP contribution in [0.2, 0.25) is 5.02 Å². The normalized spacial score (nSPS) is 11.3. The lowest BCUT2D eigenvalue weighted by atomic mass is 10.00. The Kier molecular flexibility index (Phi) is 4.80. The summed E-state index contributed by atoms with van der Waals surface area (Å²) in [6.45, 7) is 10.3. The summed E-state index contributed by atoms with van der Waals surface area (Å²) in [4.78, 5) is 1.20. The summed E-state index contributed by atoms with van der Waals surface area (Å²) in [6.07, 6.45) is 0. The number of aryl methyl sites for hydroxylation is 2. The molecule has 0 aliphatic heterocycles. The maximum atomic E-state index is 8.80. The molecule has 0 saturated carbocycles. The van der Waals surface area contributed by atoms with Gasteiger partial charge in [0, 0.05) is 26.9 Å². The van der Waals surface area contributed by atoms with Crippen LogP contribution in [-0.4, -0.2) is 20.5 Å². The number of benzene rings is 1. The zero-order valence-corrected chi connectivity index (χ0v) is 16.6. The van der Waals surface area contributed by atoms with Crippen molar-refractivity contribution in [3.8, 4) is 5.00 Å². The number of hydrogen-bond donors (Lipinski definition) is 1. The molecule has 0 fully saturated rings. The standard InChI is InChI=1S/C19H21ClN4S/c1-10(2)18-23-22-13(5)24(18)19-16(11(3)12(4)25-19)17(21)14-6-8-15(20)9-7-14/h6-10,21H,1-5H3. The average Bonchev–Trinajstić information content (AvgIpc) is 3.08. The first-order valence-corrected chi connectivity index (χ1v) is 9.37. The number of aromatic nitrogens is 3. The third kappa shape index (κ3) is 3.14. The van der Waals surface area contributed by atoms with Crippen LogP contribution in [0.1, 0.15) is 53.0 Å². The van der Waals surface area contributed by atoms with Gasteiger partial charge in [-0.15, -0.1) is 21.5 Å². The number of rotatable bonds is 4. The van der Waals surface area contributed by atoms with Gasteiger partial charge in [0.1, 0.15) is 16.6 Å². The van der Waals surface area contributed by atoms with Crippen LogP contribution in [0.15, 0.2) is 24.3 Å². The SMILES string of the molecule is Cc1sc(-n2c(C)nnc2C(C)C)c(C(=N)c2ccc(Cl)cc2)c1C. The van der Waals surface area contributed by atoms with Gasteiger partial charge in [-0.05, 0) is 38.5 Å². The van der Waals surface area contributed by atoms with Crippen LogP contribution in [0.25, 0.3) is 5.00 Å². The van der Waals surface area contributed by atoms with Crippen LogP contribution >= 0.6 is 22.9 Å². The van der Waals surface area contributed by atoms with Gasteiger partial charge in [-0.2, -0.15) is 0 Å². The number of nitrogens with one attached hydrogen (secondary N) is 1. The van der Waals surface area contributed by atoms with Crippen molar-refractivity contribution < 1.29 is 0 Å². The Bertz CT molecular complexity index is 935. The van der Waals surface area contributed by atoms with Crippen LogP contribution in [-0.2, 0) is 0 Å². The molecule has 130 valence electrons. The third-order valence-corrected chi connectivity index (χ3v) is 5.76. The highest BCUT2D eigenvalue weighted by atomic mass is 35.5. The molecule has 2 heterocycles. The first kappa shape index (κ1) is 17.8. The van der Waals surface area contributed by atoms with Crippen molar-refractivity contribution in [1.29, 1.82) is 5.41 Å². The van der Waals surface area contributed by atoms with E-state index >= 15 is 0 Å². The van der Waals surface area contributed by atoms with E-state index in [-0.39, 0.29) is 5.92 Å². The van der Waals surface area contributed by atoms with E-state index in [2.05, 4.69) is 42.5 Å². The molecule has 0 bridgehead atoms. The second-order valence-corrected chi connectivity index (χ2v) is 8.08. The van der Waals surface area contributed by atoms with Crippen molar-refractivity contribution in [3.63, 3.8) is 0 Å². The van der Waals surface area contributed by atoms with E-state index in [0.717, 1.165) is 33.3 Å². The molecule has 0 saturated heterocycles. The summed E-state index contributed by atoms with van der Waals surface area (Å²) in [5.41, 5.74) is 3.41. The predicted octanol–water partition coefficient (Wildman–Crippen LogP) is 5.45.